The van der Waals surface area contributed by atoms with Gasteiger partial charge in [-0.3, -0.25) is 14.3 Å². The molecule has 0 saturated carbocycles. The van der Waals surface area contributed by atoms with Gasteiger partial charge in [-0.15, -0.1) is 0 Å². The lowest BCUT2D eigenvalue weighted by atomic mass is 9.91. The van der Waals surface area contributed by atoms with Crippen LogP contribution in [0.25, 0.3) is 11.0 Å². The molecule has 24 heavy (non-hydrogen) atoms. The number of nitrogens with zero attached hydrogens (tertiary/aromatic N) is 2. The Hall–Kier alpha value is -1.98. The van der Waals surface area contributed by atoms with E-state index in [4.69, 9.17) is 0 Å². The largest absolute Gasteiger partial charge is 0.317 e. The number of carbonyl (C=O) groups is 1. The molecule has 0 radical (unpaired) electrons. The quantitative estimate of drug-likeness (QED) is 0.728. The molecule has 0 aliphatic carbocycles. The molecule has 0 bridgehead atoms. The molecular weight excluding hydrogens is 366 g/mol. The molecule has 1 aromatic carbocycles. The van der Waals surface area contributed by atoms with Crippen molar-refractivity contribution in [2.24, 2.45) is 0 Å². The van der Waals surface area contributed by atoms with Crippen LogP contribution in [0.4, 0.5) is 0 Å². The minimum atomic E-state index is -0.0190. The number of halogens is 1. The van der Waals surface area contributed by atoms with Gasteiger partial charge in [-0.1, -0.05) is 22.0 Å². The lowest BCUT2D eigenvalue weighted by Crippen LogP contribution is -2.26. The fraction of sp³-hybridized carbons (Fsp3) is 0.263. The number of carbonyl (C=O) groups excluding carboxylic acids is 1. The summed E-state index contributed by atoms with van der Waals surface area (Å²) in [5.74, 6) is 0.440. The second-order valence-corrected chi connectivity index (χ2v) is 7.08. The van der Waals surface area contributed by atoms with Gasteiger partial charge in [-0.2, -0.15) is 0 Å². The summed E-state index contributed by atoms with van der Waals surface area (Å²) in [5.41, 5.74) is 3.70. The SMILES string of the molecule is O=C(c1cccc(Br)c1)n1cc(C2CCNCC2)c2ncccc21. The second-order valence-electron chi connectivity index (χ2n) is 6.17. The highest BCUT2D eigenvalue weighted by molar-refractivity contribution is 9.10. The summed E-state index contributed by atoms with van der Waals surface area (Å²) in [7, 11) is 0. The molecule has 1 saturated heterocycles. The molecule has 0 spiro atoms. The first-order chi connectivity index (χ1) is 11.7. The zero-order valence-electron chi connectivity index (χ0n) is 13.2. The van der Waals surface area contributed by atoms with Crippen molar-refractivity contribution in [3.05, 3.63) is 64.4 Å². The number of fused-ring (bicyclic) bond motifs is 1. The minimum absolute atomic E-state index is 0.0190. The van der Waals surface area contributed by atoms with Crippen LogP contribution in [0.1, 0.15) is 34.7 Å². The van der Waals surface area contributed by atoms with Crippen LogP contribution in [-0.4, -0.2) is 28.5 Å². The maximum absolute atomic E-state index is 13.0. The fourth-order valence-electron chi connectivity index (χ4n) is 3.44. The van der Waals surface area contributed by atoms with Crippen molar-refractivity contribution in [1.29, 1.82) is 0 Å². The molecule has 0 atom stereocenters. The number of aromatic nitrogens is 2. The third kappa shape index (κ3) is 2.78. The van der Waals surface area contributed by atoms with Crippen molar-refractivity contribution in [3.8, 4) is 0 Å². The average Bonchev–Trinajstić information content (AvgIpc) is 3.01. The summed E-state index contributed by atoms with van der Waals surface area (Å²) in [5, 5.41) is 3.39. The molecule has 3 heterocycles. The Morgan fingerprint density at radius 2 is 2.04 bits per heavy atom. The summed E-state index contributed by atoms with van der Waals surface area (Å²) < 4.78 is 2.66. The van der Waals surface area contributed by atoms with Crippen LogP contribution in [0.2, 0.25) is 0 Å². The number of pyridine rings is 1. The number of benzene rings is 1. The van der Waals surface area contributed by atoms with Gasteiger partial charge in [0.05, 0.1) is 11.0 Å². The van der Waals surface area contributed by atoms with Crippen molar-refractivity contribution in [2.45, 2.75) is 18.8 Å². The van der Waals surface area contributed by atoms with Crippen LogP contribution < -0.4 is 5.32 Å². The molecule has 1 fully saturated rings. The Balaban J connectivity index is 1.82. The fourth-order valence-corrected chi connectivity index (χ4v) is 3.84. The predicted octanol–water partition coefficient (Wildman–Crippen LogP) is 3.95. The summed E-state index contributed by atoms with van der Waals surface area (Å²) in [6, 6.07) is 11.4. The van der Waals surface area contributed by atoms with Crippen LogP contribution in [-0.2, 0) is 0 Å². The highest BCUT2D eigenvalue weighted by atomic mass is 79.9. The van der Waals surface area contributed by atoms with E-state index < -0.39 is 0 Å². The summed E-state index contributed by atoms with van der Waals surface area (Å²) in [6.45, 7) is 2.04. The third-order valence-corrected chi connectivity index (χ3v) is 5.15. The van der Waals surface area contributed by atoms with Crippen molar-refractivity contribution < 1.29 is 4.79 Å². The third-order valence-electron chi connectivity index (χ3n) is 4.66. The summed E-state index contributed by atoms with van der Waals surface area (Å²) >= 11 is 3.44. The highest BCUT2D eigenvalue weighted by Crippen LogP contribution is 2.32. The van der Waals surface area contributed by atoms with Gasteiger partial charge in [0.25, 0.3) is 5.91 Å². The maximum Gasteiger partial charge on any atom is 0.262 e. The van der Waals surface area contributed by atoms with E-state index in [0.29, 0.717) is 11.5 Å². The molecule has 1 aliphatic heterocycles. The zero-order valence-corrected chi connectivity index (χ0v) is 14.8. The van der Waals surface area contributed by atoms with Gasteiger partial charge in [0.1, 0.15) is 0 Å². The van der Waals surface area contributed by atoms with E-state index >= 15 is 0 Å². The summed E-state index contributed by atoms with van der Waals surface area (Å²) in [6.07, 6.45) is 5.97. The van der Waals surface area contributed by atoms with E-state index in [-0.39, 0.29) is 5.91 Å². The van der Waals surface area contributed by atoms with Crippen LogP contribution in [0.15, 0.2) is 53.3 Å². The van der Waals surface area contributed by atoms with Gasteiger partial charge >= 0.3 is 0 Å². The molecule has 1 aliphatic rings. The lowest BCUT2D eigenvalue weighted by molar-refractivity contribution is 0.0964. The average molecular weight is 384 g/mol. The molecule has 4 rings (SSSR count). The Kier molecular flexibility index (Phi) is 4.21. The molecule has 3 aromatic rings. The van der Waals surface area contributed by atoms with Gasteiger partial charge in [-0.25, -0.2) is 0 Å². The van der Waals surface area contributed by atoms with Crippen molar-refractivity contribution in [3.63, 3.8) is 0 Å². The van der Waals surface area contributed by atoms with E-state index in [1.807, 2.05) is 42.6 Å². The Bertz CT molecular complexity index is 897. The standard InChI is InChI=1S/C19H18BrN3O/c20-15-4-1-3-14(11-15)19(24)23-12-16(13-6-9-21-10-7-13)18-17(23)5-2-8-22-18/h1-5,8,11-13,21H,6-7,9-10H2. The maximum atomic E-state index is 13.0. The molecule has 122 valence electrons. The molecule has 0 unspecified atom stereocenters. The van der Waals surface area contributed by atoms with Crippen LogP contribution in [0, 0.1) is 0 Å². The first kappa shape index (κ1) is 15.5. The van der Waals surface area contributed by atoms with Crippen molar-refractivity contribution in [1.82, 2.24) is 14.9 Å². The first-order valence-corrected chi connectivity index (χ1v) is 9.00. The number of hydrogen-bond donors (Lipinski definition) is 1. The van der Waals surface area contributed by atoms with E-state index in [0.717, 1.165) is 41.4 Å². The van der Waals surface area contributed by atoms with Crippen molar-refractivity contribution in [2.75, 3.05) is 13.1 Å². The zero-order chi connectivity index (χ0) is 16.5. The summed E-state index contributed by atoms with van der Waals surface area (Å²) in [4.78, 5) is 17.6. The van der Waals surface area contributed by atoms with Gasteiger partial charge in [0.2, 0.25) is 0 Å². The van der Waals surface area contributed by atoms with Gasteiger partial charge in [-0.05, 0) is 67.7 Å². The first-order valence-electron chi connectivity index (χ1n) is 8.21. The van der Waals surface area contributed by atoms with E-state index in [2.05, 4.69) is 26.2 Å². The molecule has 4 nitrogen and oxygen atoms in total. The number of piperidine rings is 1. The van der Waals surface area contributed by atoms with Crippen LogP contribution >= 0.6 is 15.9 Å². The topological polar surface area (TPSA) is 46.9 Å². The Morgan fingerprint density at radius 3 is 2.83 bits per heavy atom. The van der Waals surface area contributed by atoms with Crippen LogP contribution in [0.3, 0.4) is 0 Å². The second kappa shape index (κ2) is 6.49. The van der Waals surface area contributed by atoms with Gasteiger partial charge in [0.15, 0.2) is 0 Å². The molecule has 0 amide bonds. The van der Waals surface area contributed by atoms with E-state index in [1.54, 1.807) is 10.8 Å². The smallest absolute Gasteiger partial charge is 0.262 e. The van der Waals surface area contributed by atoms with Gasteiger partial charge in [0, 0.05) is 22.4 Å². The van der Waals surface area contributed by atoms with Gasteiger partial charge < -0.3 is 5.32 Å². The monoisotopic (exact) mass is 383 g/mol. The molecular formula is C19H18BrN3O. The predicted molar refractivity (Wildman–Crippen MR) is 98.4 cm³/mol. The minimum Gasteiger partial charge on any atom is -0.317 e. The number of hydrogen-bond acceptors (Lipinski definition) is 3. The molecule has 2 aromatic heterocycles. The van der Waals surface area contributed by atoms with Crippen LogP contribution in [0.5, 0.6) is 0 Å². The Labute approximate surface area is 149 Å². The van der Waals surface area contributed by atoms with E-state index in [1.165, 1.54) is 5.56 Å². The normalized spacial score (nSPS) is 15.7. The van der Waals surface area contributed by atoms with Crippen molar-refractivity contribution >= 4 is 32.9 Å². The molecule has 5 heteroatoms. The Morgan fingerprint density at radius 1 is 1.21 bits per heavy atom. The number of nitrogens with one attached hydrogen (secondary N) is 1. The molecule has 1 N–H and O–H groups in total. The highest BCUT2D eigenvalue weighted by Gasteiger charge is 2.23. The number of rotatable bonds is 2. The lowest BCUT2D eigenvalue weighted by Gasteiger charge is -2.21. The van der Waals surface area contributed by atoms with E-state index in [9.17, 15) is 4.79 Å².